The number of hydrogen-bond donors (Lipinski definition) is 2. The van der Waals surface area contributed by atoms with Crippen LogP contribution in [0.1, 0.15) is 5.56 Å². The SMILES string of the molecule is COC(=O)[C@H](Cc1ccccc1)NC(=O)Nc1cccc(Cl)c1. The van der Waals surface area contributed by atoms with Crippen LogP contribution in [0.5, 0.6) is 0 Å². The minimum atomic E-state index is -0.776. The van der Waals surface area contributed by atoms with Crippen molar-refractivity contribution in [2.75, 3.05) is 12.4 Å². The van der Waals surface area contributed by atoms with Crippen LogP contribution in [-0.2, 0) is 16.0 Å². The Balaban J connectivity index is 2.02. The molecule has 0 aromatic heterocycles. The highest BCUT2D eigenvalue weighted by Gasteiger charge is 2.21. The molecule has 0 fully saturated rings. The number of benzene rings is 2. The summed E-state index contributed by atoms with van der Waals surface area (Å²) in [6.45, 7) is 0. The molecule has 0 bridgehead atoms. The van der Waals surface area contributed by atoms with Gasteiger partial charge in [-0.2, -0.15) is 0 Å². The molecule has 2 amide bonds. The first-order valence-corrected chi connectivity index (χ1v) is 7.41. The lowest BCUT2D eigenvalue weighted by atomic mass is 10.1. The quantitative estimate of drug-likeness (QED) is 0.826. The number of nitrogens with one attached hydrogen (secondary N) is 2. The van der Waals surface area contributed by atoms with Crippen molar-refractivity contribution in [3.63, 3.8) is 0 Å². The summed E-state index contributed by atoms with van der Waals surface area (Å²) in [5, 5.41) is 5.76. The van der Waals surface area contributed by atoms with Crippen LogP contribution in [0.25, 0.3) is 0 Å². The summed E-state index contributed by atoms with van der Waals surface area (Å²) in [4.78, 5) is 23.9. The Hall–Kier alpha value is -2.53. The molecule has 0 spiro atoms. The molecular formula is C17H17ClN2O3. The number of ether oxygens (including phenoxy) is 1. The van der Waals surface area contributed by atoms with Gasteiger partial charge >= 0.3 is 12.0 Å². The Labute approximate surface area is 139 Å². The molecule has 120 valence electrons. The van der Waals surface area contributed by atoms with Crippen molar-refractivity contribution >= 4 is 29.3 Å². The van der Waals surface area contributed by atoms with E-state index in [0.717, 1.165) is 5.56 Å². The van der Waals surface area contributed by atoms with Crippen LogP contribution in [0.4, 0.5) is 10.5 Å². The molecule has 0 aliphatic rings. The molecule has 0 radical (unpaired) electrons. The molecule has 5 nitrogen and oxygen atoms in total. The first kappa shape index (κ1) is 16.8. The van der Waals surface area contributed by atoms with Gasteiger partial charge in [0, 0.05) is 17.1 Å². The van der Waals surface area contributed by atoms with Crippen molar-refractivity contribution in [3.8, 4) is 0 Å². The number of methoxy groups -OCH3 is 1. The normalized spacial score (nSPS) is 11.4. The molecule has 2 N–H and O–H groups in total. The Bertz CT molecular complexity index is 677. The molecule has 0 saturated heterocycles. The Morgan fingerprint density at radius 2 is 1.87 bits per heavy atom. The third-order valence-corrected chi connectivity index (χ3v) is 3.39. The van der Waals surface area contributed by atoms with Gasteiger partial charge in [-0.05, 0) is 23.8 Å². The van der Waals surface area contributed by atoms with Gasteiger partial charge in [0.2, 0.25) is 0 Å². The minimum absolute atomic E-state index is 0.344. The summed E-state index contributed by atoms with van der Waals surface area (Å²) in [6, 6.07) is 14.9. The van der Waals surface area contributed by atoms with Crippen molar-refractivity contribution in [1.82, 2.24) is 5.32 Å². The number of carbonyl (C=O) groups excluding carboxylic acids is 2. The number of urea groups is 1. The Kier molecular flexibility index (Phi) is 6.00. The predicted octanol–water partition coefficient (Wildman–Crippen LogP) is 3.25. The fourth-order valence-electron chi connectivity index (χ4n) is 2.08. The smallest absolute Gasteiger partial charge is 0.328 e. The van der Waals surface area contributed by atoms with Crippen molar-refractivity contribution in [1.29, 1.82) is 0 Å². The van der Waals surface area contributed by atoms with E-state index >= 15 is 0 Å². The van der Waals surface area contributed by atoms with Crippen LogP contribution in [0, 0.1) is 0 Å². The second-order valence-corrected chi connectivity index (χ2v) is 5.31. The molecule has 1 atom stereocenters. The summed E-state index contributed by atoms with van der Waals surface area (Å²) in [7, 11) is 1.29. The predicted molar refractivity (Wildman–Crippen MR) is 89.6 cm³/mol. The van der Waals surface area contributed by atoms with Crippen LogP contribution in [-0.4, -0.2) is 25.2 Å². The number of rotatable bonds is 5. The lowest BCUT2D eigenvalue weighted by Gasteiger charge is -2.17. The zero-order valence-corrected chi connectivity index (χ0v) is 13.3. The highest BCUT2D eigenvalue weighted by atomic mass is 35.5. The summed E-state index contributed by atoms with van der Waals surface area (Å²) in [6.07, 6.45) is 0.344. The molecular weight excluding hydrogens is 316 g/mol. The molecule has 0 aliphatic heterocycles. The fraction of sp³-hybridized carbons (Fsp3) is 0.176. The third kappa shape index (κ3) is 5.30. The second kappa shape index (κ2) is 8.19. The summed E-state index contributed by atoms with van der Waals surface area (Å²) in [5.74, 6) is -0.505. The zero-order valence-electron chi connectivity index (χ0n) is 12.6. The maximum absolute atomic E-state index is 12.1. The average Bonchev–Trinajstić information content (AvgIpc) is 2.54. The van der Waals surface area contributed by atoms with E-state index in [1.165, 1.54) is 7.11 Å². The Morgan fingerprint density at radius 1 is 1.13 bits per heavy atom. The first-order valence-electron chi connectivity index (χ1n) is 7.03. The van der Waals surface area contributed by atoms with Crippen molar-refractivity contribution in [2.45, 2.75) is 12.5 Å². The van der Waals surface area contributed by atoms with Gasteiger partial charge in [-0.25, -0.2) is 9.59 Å². The van der Waals surface area contributed by atoms with Crippen LogP contribution in [0.15, 0.2) is 54.6 Å². The summed E-state index contributed by atoms with van der Waals surface area (Å²) >= 11 is 5.87. The van der Waals surface area contributed by atoms with Crippen LogP contribution >= 0.6 is 11.6 Å². The maximum atomic E-state index is 12.1. The molecule has 0 heterocycles. The molecule has 6 heteroatoms. The lowest BCUT2D eigenvalue weighted by Crippen LogP contribution is -2.45. The minimum Gasteiger partial charge on any atom is -0.467 e. The third-order valence-electron chi connectivity index (χ3n) is 3.16. The standard InChI is InChI=1S/C17H17ClN2O3/c1-23-16(21)15(10-12-6-3-2-4-7-12)20-17(22)19-14-9-5-8-13(18)11-14/h2-9,11,15H,10H2,1H3,(H2,19,20,22)/t15-/m0/s1. The van der Waals surface area contributed by atoms with E-state index < -0.39 is 18.0 Å². The lowest BCUT2D eigenvalue weighted by molar-refractivity contribution is -0.142. The van der Waals surface area contributed by atoms with Gasteiger partial charge in [-0.15, -0.1) is 0 Å². The number of amides is 2. The molecule has 23 heavy (non-hydrogen) atoms. The van der Waals surface area contributed by atoms with E-state index in [9.17, 15) is 9.59 Å². The maximum Gasteiger partial charge on any atom is 0.328 e. The van der Waals surface area contributed by atoms with Crippen LogP contribution in [0.3, 0.4) is 0 Å². The van der Waals surface area contributed by atoms with Crippen molar-refractivity contribution < 1.29 is 14.3 Å². The van der Waals surface area contributed by atoms with E-state index in [-0.39, 0.29) is 0 Å². The first-order chi connectivity index (χ1) is 11.1. The molecule has 0 aliphatic carbocycles. The van der Waals surface area contributed by atoms with E-state index in [1.54, 1.807) is 24.3 Å². The van der Waals surface area contributed by atoms with Crippen LogP contribution < -0.4 is 10.6 Å². The van der Waals surface area contributed by atoms with Crippen molar-refractivity contribution in [2.24, 2.45) is 0 Å². The number of esters is 1. The van der Waals surface area contributed by atoms with E-state index in [0.29, 0.717) is 17.1 Å². The summed E-state index contributed by atoms with van der Waals surface area (Å²) in [5.41, 5.74) is 1.46. The zero-order chi connectivity index (χ0) is 16.7. The van der Waals surface area contributed by atoms with Gasteiger partial charge in [0.25, 0.3) is 0 Å². The van der Waals surface area contributed by atoms with E-state index in [1.807, 2.05) is 30.3 Å². The Morgan fingerprint density at radius 3 is 2.52 bits per heavy atom. The molecule has 2 rings (SSSR count). The highest BCUT2D eigenvalue weighted by molar-refractivity contribution is 6.30. The second-order valence-electron chi connectivity index (χ2n) is 4.87. The average molecular weight is 333 g/mol. The van der Waals surface area contributed by atoms with Gasteiger partial charge in [0.1, 0.15) is 6.04 Å². The van der Waals surface area contributed by atoms with Gasteiger partial charge in [-0.3, -0.25) is 0 Å². The monoisotopic (exact) mass is 332 g/mol. The largest absolute Gasteiger partial charge is 0.467 e. The van der Waals surface area contributed by atoms with Crippen molar-refractivity contribution in [3.05, 3.63) is 65.2 Å². The van der Waals surface area contributed by atoms with Gasteiger partial charge in [0.15, 0.2) is 0 Å². The van der Waals surface area contributed by atoms with Gasteiger partial charge in [-0.1, -0.05) is 48.0 Å². The fourth-order valence-corrected chi connectivity index (χ4v) is 2.27. The van der Waals surface area contributed by atoms with E-state index in [2.05, 4.69) is 10.6 Å². The molecule has 2 aromatic rings. The molecule has 2 aromatic carbocycles. The molecule has 0 unspecified atom stereocenters. The highest BCUT2D eigenvalue weighted by Crippen LogP contribution is 2.14. The summed E-state index contributed by atoms with van der Waals surface area (Å²) < 4.78 is 4.75. The number of hydrogen-bond acceptors (Lipinski definition) is 3. The topological polar surface area (TPSA) is 67.4 Å². The van der Waals surface area contributed by atoms with Gasteiger partial charge < -0.3 is 15.4 Å². The molecule has 0 saturated carbocycles. The number of anilines is 1. The van der Waals surface area contributed by atoms with Crippen LogP contribution in [0.2, 0.25) is 5.02 Å². The van der Waals surface area contributed by atoms with Gasteiger partial charge in [0.05, 0.1) is 7.11 Å². The van der Waals surface area contributed by atoms with E-state index in [4.69, 9.17) is 16.3 Å². The number of halogens is 1. The number of carbonyl (C=O) groups is 2.